The number of thiophene rings is 2. The maximum Gasteiger partial charge on any atom is 0.164 e. The van der Waals surface area contributed by atoms with E-state index in [-0.39, 0.29) is 0 Å². The van der Waals surface area contributed by atoms with Gasteiger partial charge in [0.25, 0.3) is 0 Å². The van der Waals surface area contributed by atoms with Gasteiger partial charge in [0.1, 0.15) is 11.2 Å². The number of fused-ring (bicyclic) bond motifs is 9. The first-order valence-corrected chi connectivity index (χ1v) is 20.5. The number of hydrogen-bond acceptors (Lipinski definition) is 8. The average Bonchev–Trinajstić information content (AvgIpc) is 3.96. The van der Waals surface area contributed by atoms with Crippen molar-refractivity contribution in [2.24, 2.45) is 0 Å². The predicted octanol–water partition coefficient (Wildman–Crippen LogP) is 13.9. The third-order valence-corrected chi connectivity index (χ3v) is 12.7. The molecule has 57 heavy (non-hydrogen) atoms. The smallest absolute Gasteiger partial charge is 0.164 e. The molecule has 0 aliphatic heterocycles. The van der Waals surface area contributed by atoms with E-state index < -0.39 is 0 Å². The van der Waals surface area contributed by atoms with Gasteiger partial charge in [-0.2, -0.15) is 0 Å². The summed E-state index contributed by atoms with van der Waals surface area (Å²) >= 11 is 3.53. The van der Waals surface area contributed by atoms with Gasteiger partial charge in [0.15, 0.2) is 23.3 Å². The lowest BCUT2D eigenvalue weighted by Gasteiger charge is -2.09. The van der Waals surface area contributed by atoms with E-state index in [9.17, 15) is 0 Å². The SMILES string of the molecule is C=CCC/C=C/c1nc(-c2cccc3oc4ccc(-c5nc(-c6ccccc6)nc(-c6ccc7sc8ccccc8c7c6)n5)cc4c23)nc2c1sc1ccccc12. The summed E-state index contributed by atoms with van der Waals surface area (Å²) in [5.74, 6) is 2.46. The van der Waals surface area contributed by atoms with E-state index in [1.165, 1.54) is 24.9 Å². The van der Waals surface area contributed by atoms with Crippen molar-refractivity contribution in [1.82, 2.24) is 24.9 Å². The molecule has 0 aliphatic rings. The number of aromatic nitrogens is 5. The lowest BCUT2D eigenvalue weighted by molar-refractivity contribution is 0.669. The van der Waals surface area contributed by atoms with Gasteiger partial charge in [-0.05, 0) is 73.5 Å². The number of hydrogen-bond donors (Lipinski definition) is 0. The second-order valence-electron chi connectivity index (χ2n) is 13.9. The lowest BCUT2D eigenvalue weighted by atomic mass is 10.0. The largest absolute Gasteiger partial charge is 0.456 e. The van der Waals surface area contributed by atoms with Gasteiger partial charge >= 0.3 is 0 Å². The molecule has 6 aromatic carbocycles. The molecule has 6 nitrogen and oxygen atoms in total. The van der Waals surface area contributed by atoms with E-state index >= 15 is 0 Å². The van der Waals surface area contributed by atoms with Gasteiger partial charge in [-0.1, -0.05) is 91.0 Å². The molecule has 0 fully saturated rings. The topological polar surface area (TPSA) is 77.6 Å². The molecule has 270 valence electrons. The van der Waals surface area contributed by atoms with E-state index in [0.717, 1.165) is 78.3 Å². The third-order valence-electron chi connectivity index (χ3n) is 10.4. The Morgan fingerprint density at radius 2 is 1.19 bits per heavy atom. The standard InChI is InChI=1S/C49H31N5OS2/c1-2-3-4-8-19-37-45-44(33-17-10-12-22-41(33)57-45)51-49(50-37)34-18-13-20-39-43(34)36-28-30(23-25-38(36)55-39)47-52-46(29-14-6-5-7-15-29)53-48(54-47)31-24-26-42-35(27-31)32-16-9-11-21-40(32)56-42/h2,5-28H,1,3-4H2/b19-8+. The fraction of sp³-hybridized carbons (Fsp3) is 0.0408. The Bertz CT molecular complexity index is 3400. The summed E-state index contributed by atoms with van der Waals surface area (Å²) in [5.41, 5.74) is 7.00. The summed E-state index contributed by atoms with van der Waals surface area (Å²) in [4.78, 5) is 25.7. The second kappa shape index (κ2) is 13.7. The molecule has 0 saturated carbocycles. The average molecular weight is 770 g/mol. The second-order valence-corrected chi connectivity index (χ2v) is 16.1. The summed E-state index contributed by atoms with van der Waals surface area (Å²) in [6, 6.07) is 45.8. The molecular weight excluding hydrogens is 739 g/mol. The van der Waals surface area contributed by atoms with Gasteiger partial charge in [-0.15, -0.1) is 29.3 Å². The Labute approximate surface area is 335 Å². The zero-order chi connectivity index (χ0) is 37.9. The molecule has 0 amide bonds. The maximum absolute atomic E-state index is 6.50. The molecular formula is C49H31N5OS2. The predicted molar refractivity (Wildman–Crippen MR) is 239 cm³/mol. The van der Waals surface area contributed by atoms with Crippen LogP contribution in [0.4, 0.5) is 0 Å². The molecule has 0 radical (unpaired) electrons. The normalized spacial score (nSPS) is 12.0. The van der Waals surface area contributed by atoms with Crippen LogP contribution in [0.5, 0.6) is 0 Å². The highest BCUT2D eigenvalue weighted by molar-refractivity contribution is 7.26. The quantitative estimate of drug-likeness (QED) is 0.113. The van der Waals surface area contributed by atoms with Crippen LogP contribution >= 0.6 is 22.7 Å². The van der Waals surface area contributed by atoms with Crippen LogP contribution in [0.15, 0.2) is 157 Å². The van der Waals surface area contributed by atoms with Crippen LogP contribution < -0.4 is 0 Å². The molecule has 5 heterocycles. The van der Waals surface area contributed by atoms with Crippen molar-refractivity contribution in [1.29, 1.82) is 0 Å². The Morgan fingerprint density at radius 1 is 0.509 bits per heavy atom. The van der Waals surface area contributed by atoms with Gasteiger partial charge in [-0.25, -0.2) is 24.9 Å². The minimum atomic E-state index is 0.581. The van der Waals surface area contributed by atoms with Crippen LogP contribution in [0.25, 0.3) is 114 Å². The summed E-state index contributed by atoms with van der Waals surface area (Å²) in [6.45, 7) is 3.89. The molecule has 0 bridgehead atoms. The zero-order valence-electron chi connectivity index (χ0n) is 30.5. The van der Waals surface area contributed by atoms with Gasteiger partial charge in [0.2, 0.25) is 0 Å². The first-order chi connectivity index (χ1) is 28.2. The van der Waals surface area contributed by atoms with Crippen molar-refractivity contribution in [3.8, 4) is 45.6 Å². The van der Waals surface area contributed by atoms with Gasteiger partial charge in [0, 0.05) is 63.3 Å². The molecule has 11 aromatic rings. The highest BCUT2D eigenvalue weighted by Gasteiger charge is 2.20. The first-order valence-electron chi connectivity index (χ1n) is 18.8. The molecule has 0 spiro atoms. The Morgan fingerprint density at radius 3 is 2.00 bits per heavy atom. The Hall–Kier alpha value is -6.87. The van der Waals surface area contributed by atoms with Crippen LogP contribution in [0.2, 0.25) is 0 Å². The van der Waals surface area contributed by atoms with E-state index in [2.05, 4.69) is 97.6 Å². The van der Waals surface area contributed by atoms with Crippen molar-refractivity contribution in [2.75, 3.05) is 0 Å². The first kappa shape index (κ1) is 33.5. The van der Waals surface area contributed by atoms with E-state index in [1.807, 2.05) is 60.7 Å². The highest BCUT2D eigenvalue weighted by atomic mass is 32.1. The number of nitrogens with zero attached hydrogens (tertiary/aromatic N) is 5. The van der Waals surface area contributed by atoms with E-state index in [4.69, 9.17) is 29.3 Å². The third kappa shape index (κ3) is 5.80. The summed E-state index contributed by atoms with van der Waals surface area (Å²) < 4.78 is 11.3. The van der Waals surface area contributed by atoms with Crippen molar-refractivity contribution < 1.29 is 4.42 Å². The van der Waals surface area contributed by atoms with Crippen molar-refractivity contribution in [2.45, 2.75) is 12.8 Å². The Kier molecular flexibility index (Phi) is 8.05. The monoisotopic (exact) mass is 769 g/mol. The van der Waals surface area contributed by atoms with Crippen LogP contribution in [-0.2, 0) is 0 Å². The Balaban J connectivity index is 1.10. The van der Waals surface area contributed by atoms with Crippen molar-refractivity contribution >= 4 is 91.2 Å². The summed E-state index contributed by atoms with van der Waals surface area (Å²) in [7, 11) is 0. The van der Waals surface area contributed by atoms with Crippen molar-refractivity contribution in [3.05, 3.63) is 158 Å². The minimum Gasteiger partial charge on any atom is -0.456 e. The van der Waals surface area contributed by atoms with Gasteiger partial charge in [0.05, 0.1) is 15.9 Å². The van der Waals surface area contributed by atoms with Crippen LogP contribution in [0.1, 0.15) is 18.5 Å². The molecule has 11 rings (SSSR count). The summed E-state index contributed by atoms with van der Waals surface area (Å²) in [5, 5.41) is 5.44. The fourth-order valence-electron chi connectivity index (χ4n) is 7.62. The molecule has 0 unspecified atom stereocenters. The van der Waals surface area contributed by atoms with E-state index in [0.29, 0.717) is 23.3 Å². The number of benzene rings is 6. The molecule has 0 N–H and O–H groups in total. The fourth-order valence-corrected chi connectivity index (χ4v) is 9.82. The zero-order valence-corrected chi connectivity index (χ0v) is 32.1. The highest BCUT2D eigenvalue weighted by Crippen LogP contribution is 2.41. The van der Waals surface area contributed by atoms with Gasteiger partial charge in [-0.3, -0.25) is 0 Å². The number of rotatable bonds is 8. The van der Waals surface area contributed by atoms with E-state index in [1.54, 1.807) is 22.7 Å². The number of unbranched alkanes of at least 4 members (excludes halogenated alkanes) is 1. The van der Waals surface area contributed by atoms with Crippen LogP contribution in [0.3, 0.4) is 0 Å². The van der Waals surface area contributed by atoms with Gasteiger partial charge < -0.3 is 4.42 Å². The number of furan rings is 1. The minimum absolute atomic E-state index is 0.581. The van der Waals surface area contributed by atoms with Crippen LogP contribution in [-0.4, -0.2) is 24.9 Å². The van der Waals surface area contributed by atoms with Crippen molar-refractivity contribution in [3.63, 3.8) is 0 Å². The van der Waals surface area contributed by atoms with Crippen LogP contribution in [0, 0.1) is 0 Å². The molecule has 0 atom stereocenters. The molecule has 5 aromatic heterocycles. The lowest BCUT2D eigenvalue weighted by Crippen LogP contribution is -2.00. The molecule has 0 aliphatic carbocycles. The molecule has 0 saturated heterocycles. The maximum atomic E-state index is 6.50. The number of allylic oxidation sites excluding steroid dienone is 2. The summed E-state index contributed by atoms with van der Waals surface area (Å²) in [6.07, 6.45) is 8.04. The molecule has 8 heteroatoms.